The lowest BCUT2D eigenvalue weighted by Gasteiger charge is -2.38. The van der Waals surface area contributed by atoms with Crippen LogP contribution in [-0.4, -0.2) is 75.9 Å². The summed E-state index contributed by atoms with van der Waals surface area (Å²) in [6.07, 6.45) is 2.94. The van der Waals surface area contributed by atoms with Crippen molar-refractivity contribution in [3.63, 3.8) is 0 Å². The van der Waals surface area contributed by atoms with Gasteiger partial charge in [-0.25, -0.2) is 0 Å². The van der Waals surface area contributed by atoms with Gasteiger partial charge in [-0.2, -0.15) is 0 Å². The molecular weight excluding hydrogens is 412 g/mol. The van der Waals surface area contributed by atoms with Gasteiger partial charge in [0.05, 0.1) is 13.2 Å². The molecule has 33 heavy (non-hydrogen) atoms. The largest absolute Gasteiger partial charge is 0.378 e. The number of hydrogen-bond donors (Lipinski definition) is 1. The molecule has 0 bridgehead atoms. The zero-order chi connectivity index (χ0) is 22.6. The Labute approximate surface area is 197 Å². The Balaban J connectivity index is 1.23. The molecule has 0 spiro atoms. The first kappa shape index (κ1) is 22.2. The molecule has 1 aliphatic carbocycles. The summed E-state index contributed by atoms with van der Waals surface area (Å²) >= 11 is 0. The molecule has 2 saturated heterocycles. The van der Waals surface area contributed by atoms with Crippen LogP contribution in [0.3, 0.4) is 0 Å². The number of aryl methyl sites for hydroxylation is 1. The Morgan fingerprint density at radius 1 is 0.970 bits per heavy atom. The number of morpholine rings is 1. The normalized spacial score (nSPS) is 21.5. The summed E-state index contributed by atoms with van der Waals surface area (Å²) in [4.78, 5) is 20.4. The molecule has 1 atom stereocenters. The van der Waals surface area contributed by atoms with Gasteiger partial charge in [0.1, 0.15) is 0 Å². The minimum Gasteiger partial charge on any atom is -0.378 e. The summed E-state index contributed by atoms with van der Waals surface area (Å²) in [5, 5.41) is 3.32. The second-order valence-electron chi connectivity index (χ2n) is 9.40. The fraction of sp³-hybridized carbons (Fsp3) is 0.519. The highest BCUT2D eigenvalue weighted by Crippen LogP contribution is 2.31. The fourth-order valence-electron chi connectivity index (χ4n) is 5.41. The number of carbonyl (C=O) groups is 1. The average Bonchev–Trinajstić information content (AvgIpc) is 2.89. The molecule has 2 aliphatic heterocycles. The zero-order valence-corrected chi connectivity index (χ0v) is 19.8. The van der Waals surface area contributed by atoms with Crippen molar-refractivity contribution in [2.75, 3.05) is 68.8 Å². The third-order valence-corrected chi connectivity index (χ3v) is 7.46. The van der Waals surface area contributed by atoms with Crippen LogP contribution in [0, 0.1) is 0 Å². The van der Waals surface area contributed by atoms with Crippen LogP contribution in [-0.2, 0) is 17.6 Å². The van der Waals surface area contributed by atoms with Gasteiger partial charge in [-0.1, -0.05) is 19.1 Å². The Morgan fingerprint density at radius 3 is 2.45 bits per heavy atom. The average molecular weight is 449 g/mol. The standard InChI is InChI=1S/C27H36N4O2/c1-2-29-12-14-31(15-13-29)26-5-3-4-21-6-9-23(20-25(21)26)28-27(32)22-7-10-24(11-8-22)30-16-18-33-19-17-30/h3-5,7-8,10-11,23H,2,6,9,12-20H2,1H3,(H,28,32). The molecule has 2 aromatic carbocycles. The van der Waals surface area contributed by atoms with E-state index < -0.39 is 0 Å². The van der Waals surface area contributed by atoms with Crippen LogP contribution < -0.4 is 15.1 Å². The lowest BCUT2D eigenvalue weighted by molar-refractivity contribution is 0.0933. The lowest BCUT2D eigenvalue weighted by atomic mass is 9.86. The summed E-state index contributed by atoms with van der Waals surface area (Å²) in [5.74, 6) is 0.0334. The summed E-state index contributed by atoms with van der Waals surface area (Å²) in [5.41, 5.74) is 6.15. The number of benzene rings is 2. The molecule has 6 nitrogen and oxygen atoms in total. The van der Waals surface area contributed by atoms with E-state index >= 15 is 0 Å². The number of ether oxygens (including phenoxy) is 1. The van der Waals surface area contributed by atoms with Crippen molar-refractivity contribution in [1.82, 2.24) is 10.2 Å². The van der Waals surface area contributed by atoms with Crippen LogP contribution in [0.25, 0.3) is 0 Å². The van der Waals surface area contributed by atoms with E-state index in [1.165, 1.54) is 16.8 Å². The summed E-state index contributed by atoms with van der Waals surface area (Å²) in [7, 11) is 0. The number of nitrogens with one attached hydrogen (secondary N) is 1. The second-order valence-corrected chi connectivity index (χ2v) is 9.40. The molecule has 6 heteroatoms. The van der Waals surface area contributed by atoms with E-state index in [0.717, 1.165) is 89.5 Å². The van der Waals surface area contributed by atoms with E-state index in [1.54, 1.807) is 0 Å². The number of fused-ring (bicyclic) bond motifs is 1. The van der Waals surface area contributed by atoms with Crippen LogP contribution in [0.5, 0.6) is 0 Å². The molecule has 3 aliphatic rings. The van der Waals surface area contributed by atoms with Crippen molar-refractivity contribution in [1.29, 1.82) is 0 Å². The first-order chi connectivity index (χ1) is 16.2. The Hall–Kier alpha value is -2.57. The summed E-state index contributed by atoms with van der Waals surface area (Å²) in [6.45, 7) is 11.1. The smallest absolute Gasteiger partial charge is 0.251 e. The molecule has 2 heterocycles. The molecular formula is C27H36N4O2. The fourth-order valence-corrected chi connectivity index (χ4v) is 5.41. The highest BCUT2D eigenvalue weighted by atomic mass is 16.5. The molecule has 1 unspecified atom stereocenters. The van der Waals surface area contributed by atoms with Gasteiger partial charge in [0.25, 0.3) is 5.91 Å². The minimum absolute atomic E-state index is 0.0334. The summed E-state index contributed by atoms with van der Waals surface area (Å²) in [6, 6.07) is 15.0. The van der Waals surface area contributed by atoms with Crippen LogP contribution in [0.4, 0.5) is 11.4 Å². The van der Waals surface area contributed by atoms with Gasteiger partial charge in [0.15, 0.2) is 0 Å². The molecule has 5 rings (SSSR count). The number of anilines is 2. The van der Waals surface area contributed by atoms with Gasteiger partial charge < -0.3 is 24.8 Å². The topological polar surface area (TPSA) is 48.0 Å². The zero-order valence-electron chi connectivity index (χ0n) is 19.8. The van der Waals surface area contributed by atoms with E-state index in [2.05, 4.69) is 57.3 Å². The van der Waals surface area contributed by atoms with Crippen molar-refractivity contribution in [2.24, 2.45) is 0 Å². The highest BCUT2D eigenvalue weighted by Gasteiger charge is 2.26. The molecule has 2 fully saturated rings. The molecule has 0 radical (unpaired) electrons. The van der Waals surface area contributed by atoms with Crippen molar-refractivity contribution < 1.29 is 9.53 Å². The molecule has 0 saturated carbocycles. The predicted molar refractivity (Wildman–Crippen MR) is 134 cm³/mol. The van der Waals surface area contributed by atoms with Crippen molar-refractivity contribution in [2.45, 2.75) is 32.2 Å². The lowest BCUT2D eigenvalue weighted by Crippen LogP contribution is -2.47. The number of likely N-dealkylation sites (N-methyl/N-ethyl adjacent to an activating group) is 1. The van der Waals surface area contributed by atoms with Gasteiger partial charge in [-0.3, -0.25) is 4.79 Å². The number of amides is 1. The Bertz CT molecular complexity index is 947. The van der Waals surface area contributed by atoms with E-state index in [1.807, 2.05) is 12.1 Å². The third kappa shape index (κ3) is 5.02. The van der Waals surface area contributed by atoms with Crippen molar-refractivity contribution in [3.8, 4) is 0 Å². The van der Waals surface area contributed by atoms with Gasteiger partial charge in [0.2, 0.25) is 0 Å². The number of rotatable bonds is 5. The number of piperazine rings is 1. The molecule has 176 valence electrons. The number of carbonyl (C=O) groups excluding carboxylic acids is 1. The third-order valence-electron chi connectivity index (χ3n) is 7.46. The number of nitrogens with zero attached hydrogens (tertiary/aromatic N) is 3. The van der Waals surface area contributed by atoms with Crippen molar-refractivity contribution >= 4 is 17.3 Å². The monoisotopic (exact) mass is 448 g/mol. The van der Waals surface area contributed by atoms with Crippen LogP contribution in [0.15, 0.2) is 42.5 Å². The maximum Gasteiger partial charge on any atom is 0.251 e. The maximum absolute atomic E-state index is 13.0. The van der Waals surface area contributed by atoms with Crippen LogP contribution >= 0.6 is 0 Å². The Kier molecular flexibility index (Phi) is 6.83. The first-order valence-corrected chi connectivity index (χ1v) is 12.5. The number of hydrogen-bond acceptors (Lipinski definition) is 5. The van der Waals surface area contributed by atoms with Gasteiger partial charge in [-0.15, -0.1) is 0 Å². The SMILES string of the molecule is CCN1CCN(c2cccc3c2CC(NC(=O)c2ccc(N4CCOCC4)cc2)CC3)CC1. The highest BCUT2D eigenvalue weighted by molar-refractivity contribution is 5.94. The van der Waals surface area contributed by atoms with E-state index in [0.29, 0.717) is 0 Å². The van der Waals surface area contributed by atoms with Gasteiger partial charge >= 0.3 is 0 Å². The van der Waals surface area contributed by atoms with E-state index in [4.69, 9.17) is 4.74 Å². The second kappa shape index (κ2) is 10.1. The minimum atomic E-state index is 0.0334. The summed E-state index contributed by atoms with van der Waals surface area (Å²) < 4.78 is 5.44. The quantitative estimate of drug-likeness (QED) is 0.762. The molecule has 1 amide bonds. The Morgan fingerprint density at radius 2 is 1.73 bits per heavy atom. The molecule has 1 N–H and O–H groups in total. The van der Waals surface area contributed by atoms with E-state index in [9.17, 15) is 4.79 Å². The predicted octanol–water partition coefficient (Wildman–Crippen LogP) is 2.95. The maximum atomic E-state index is 13.0. The van der Waals surface area contributed by atoms with Gasteiger partial charge in [-0.05, 0) is 67.3 Å². The van der Waals surface area contributed by atoms with Crippen LogP contribution in [0.2, 0.25) is 0 Å². The van der Waals surface area contributed by atoms with Crippen LogP contribution in [0.1, 0.15) is 34.8 Å². The van der Waals surface area contributed by atoms with E-state index in [-0.39, 0.29) is 11.9 Å². The first-order valence-electron chi connectivity index (χ1n) is 12.5. The molecule has 2 aromatic rings. The molecule has 0 aromatic heterocycles. The van der Waals surface area contributed by atoms with Gasteiger partial charge in [0, 0.05) is 62.2 Å². The van der Waals surface area contributed by atoms with Crippen molar-refractivity contribution in [3.05, 3.63) is 59.2 Å².